The van der Waals surface area contributed by atoms with Crippen molar-refractivity contribution < 1.29 is 4.39 Å². The number of para-hydroxylation sites is 1. The molecule has 16 heavy (non-hydrogen) atoms. The minimum Gasteiger partial charge on any atom is -0.396 e. The van der Waals surface area contributed by atoms with E-state index in [2.05, 4.69) is 6.92 Å². The summed E-state index contributed by atoms with van der Waals surface area (Å²) in [5.74, 6) is -0.364. The van der Waals surface area contributed by atoms with Crippen LogP contribution in [-0.4, -0.2) is 0 Å². The molecule has 0 saturated carbocycles. The van der Waals surface area contributed by atoms with Crippen molar-refractivity contribution in [1.82, 2.24) is 0 Å². The molecular weight excluding hydrogens is 201 g/mol. The standard InChI is InChI=1S/C14H14FN/c1-2-10-6-8-11(9-7-10)12-4-3-5-13(15)14(12)16/h3-9H,2,16H2,1H3. The zero-order chi connectivity index (χ0) is 11.5. The number of nitrogen functional groups attached to an aromatic ring is 1. The van der Waals surface area contributed by atoms with Crippen molar-refractivity contribution in [2.45, 2.75) is 13.3 Å². The van der Waals surface area contributed by atoms with E-state index in [1.54, 1.807) is 6.07 Å². The lowest BCUT2D eigenvalue weighted by Crippen LogP contribution is -1.94. The molecule has 0 aromatic heterocycles. The minimum atomic E-state index is -0.364. The molecule has 1 nitrogen and oxygen atoms in total. The summed E-state index contributed by atoms with van der Waals surface area (Å²) in [6, 6.07) is 12.9. The van der Waals surface area contributed by atoms with Crippen molar-refractivity contribution in [2.75, 3.05) is 5.73 Å². The van der Waals surface area contributed by atoms with Gasteiger partial charge in [0, 0.05) is 5.56 Å². The van der Waals surface area contributed by atoms with Crippen molar-refractivity contribution in [1.29, 1.82) is 0 Å². The smallest absolute Gasteiger partial charge is 0.146 e. The molecule has 0 atom stereocenters. The number of aryl methyl sites for hydroxylation is 1. The van der Waals surface area contributed by atoms with Crippen LogP contribution in [0.3, 0.4) is 0 Å². The highest BCUT2D eigenvalue weighted by atomic mass is 19.1. The Labute approximate surface area is 94.7 Å². The summed E-state index contributed by atoms with van der Waals surface area (Å²) < 4.78 is 13.3. The second kappa shape index (κ2) is 4.35. The first kappa shape index (κ1) is 10.7. The normalized spacial score (nSPS) is 10.4. The van der Waals surface area contributed by atoms with Gasteiger partial charge in [-0.15, -0.1) is 0 Å². The van der Waals surface area contributed by atoms with Gasteiger partial charge in [0.05, 0.1) is 5.69 Å². The maximum absolute atomic E-state index is 13.3. The molecule has 0 radical (unpaired) electrons. The first-order chi connectivity index (χ1) is 7.72. The van der Waals surface area contributed by atoms with Gasteiger partial charge in [-0.1, -0.05) is 43.3 Å². The predicted molar refractivity (Wildman–Crippen MR) is 65.6 cm³/mol. The summed E-state index contributed by atoms with van der Waals surface area (Å²) in [4.78, 5) is 0. The maximum Gasteiger partial charge on any atom is 0.146 e. The van der Waals surface area contributed by atoms with Gasteiger partial charge >= 0.3 is 0 Å². The lowest BCUT2D eigenvalue weighted by Gasteiger charge is -2.07. The van der Waals surface area contributed by atoms with Crippen LogP contribution in [0.2, 0.25) is 0 Å². The molecule has 82 valence electrons. The van der Waals surface area contributed by atoms with E-state index in [9.17, 15) is 4.39 Å². The Balaban J connectivity index is 2.46. The summed E-state index contributed by atoms with van der Waals surface area (Å²) >= 11 is 0. The van der Waals surface area contributed by atoms with Crippen LogP contribution in [0.4, 0.5) is 10.1 Å². The van der Waals surface area contributed by atoms with Gasteiger partial charge in [-0.05, 0) is 23.6 Å². The Morgan fingerprint density at radius 2 is 1.75 bits per heavy atom. The first-order valence-electron chi connectivity index (χ1n) is 5.35. The summed E-state index contributed by atoms with van der Waals surface area (Å²) in [5.41, 5.74) is 8.89. The van der Waals surface area contributed by atoms with Crippen molar-refractivity contribution in [2.24, 2.45) is 0 Å². The van der Waals surface area contributed by atoms with E-state index < -0.39 is 0 Å². The molecule has 0 fully saturated rings. The fraction of sp³-hybridized carbons (Fsp3) is 0.143. The van der Waals surface area contributed by atoms with Crippen LogP contribution in [0.15, 0.2) is 42.5 Å². The van der Waals surface area contributed by atoms with Gasteiger partial charge in [-0.25, -0.2) is 4.39 Å². The van der Waals surface area contributed by atoms with Crippen LogP contribution in [0.1, 0.15) is 12.5 Å². The van der Waals surface area contributed by atoms with Crippen LogP contribution >= 0.6 is 0 Å². The van der Waals surface area contributed by atoms with Gasteiger partial charge in [0.15, 0.2) is 0 Å². The average molecular weight is 215 g/mol. The lowest BCUT2D eigenvalue weighted by atomic mass is 10.0. The Kier molecular flexibility index (Phi) is 2.91. The van der Waals surface area contributed by atoms with Crippen molar-refractivity contribution >= 4 is 5.69 Å². The van der Waals surface area contributed by atoms with Gasteiger partial charge in [-0.3, -0.25) is 0 Å². The highest BCUT2D eigenvalue weighted by Crippen LogP contribution is 2.27. The van der Waals surface area contributed by atoms with Gasteiger partial charge in [0.1, 0.15) is 5.82 Å². The molecule has 0 amide bonds. The van der Waals surface area contributed by atoms with E-state index in [4.69, 9.17) is 5.73 Å². The highest BCUT2D eigenvalue weighted by Gasteiger charge is 2.06. The summed E-state index contributed by atoms with van der Waals surface area (Å²) in [5, 5.41) is 0. The molecule has 0 bridgehead atoms. The third kappa shape index (κ3) is 1.91. The van der Waals surface area contributed by atoms with Gasteiger partial charge in [-0.2, -0.15) is 0 Å². The lowest BCUT2D eigenvalue weighted by molar-refractivity contribution is 0.633. The minimum absolute atomic E-state index is 0.215. The van der Waals surface area contributed by atoms with E-state index in [1.165, 1.54) is 11.6 Å². The summed E-state index contributed by atoms with van der Waals surface area (Å²) in [7, 11) is 0. The number of benzene rings is 2. The quantitative estimate of drug-likeness (QED) is 0.760. The highest BCUT2D eigenvalue weighted by molar-refractivity contribution is 5.76. The molecule has 0 saturated heterocycles. The van der Waals surface area contributed by atoms with Crippen LogP contribution in [-0.2, 0) is 6.42 Å². The molecule has 0 aliphatic carbocycles. The Morgan fingerprint density at radius 1 is 1.06 bits per heavy atom. The van der Waals surface area contributed by atoms with Gasteiger partial charge in [0.2, 0.25) is 0 Å². The summed E-state index contributed by atoms with van der Waals surface area (Å²) in [6.07, 6.45) is 0.999. The first-order valence-corrected chi connectivity index (χ1v) is 5.35. The van der Waals surface area contributed by atoms with Crippen LogP contribution < -0.4 is 5.73 Å². The second-order valence-corrected chi connectivity index (χ2v) is 3.75. The van der Waals surface area contributed by atoms with E-state index in [0.29, 0.717) is 0 Å². The van der Waals surface area contributed by atoms with E-state index in [0.717, 1.165) is 17.5 Å². The van der Waals surface area contributed by atoms with Gasteiger partial charge in [0.25, 0.3) is 0 Å². The molecule has 0 aliphatic rings. The second-order valence-electron chi connectivity index (χ2n) is 3.75. The number of anilines is 1. The molecule has 2 aromatic rings. The topological polar surface area (TPSA) is 26.0 Å². The number of hydrogen-bond donors (Lipinski definition) is 1. The average Bonchev–Trinajstić information content (AvgIpc) is 2.33. The molecule has 2 rings (SSSR count). The summed E-state index contributed by atoms with van der Waals surface area (Å²) in [6.45, 7) is 2.10. The van der Waals surface area contributed by atoms with Crippen molar-refractivity contribution in [3.8, 4) is 11.1 Å². The predicted octanol–water partition coefficient (Wildman–Crippen LogP) is 3.64. The number of hydrogen-bond acceptors (Lipinski definition) is 1. The molecule has 0 spiro atoms. The van der Waals surface area contributed by atoms with E-state index >= 15 is 0 Å². The molecule has 0 unspecified atom stereocenters. The van der Waals surface area contributed by atoms with Crippen molar-refractivity contribution in [3.63, 3.8) is 0 Å². The largest absolute Gasteiger partial charge is 0.396 e. The number of halogens is 1. The molecule has 0 aliphatic heterocycles. The Hall–Kier alpha value is -1.83. The molecule has 0 heterocycles. The van der Waals surface area contributed by atoms with Crippen LogP contribution in [0, 0.1) is 5.82 Å². The van der Waals surface area contributed by atoms with Gasteiger partial charge < -0.3 is 5.73 Å². The van der Waals surface area contributed by atoms with Crippen LogP contribution in [0.25, 0.3) is 11.1 Å². The van der Waals surface area contributed by atoms with Crippen LogP contribution in [0.5, 0.6) is 0 Å². The SMILES string of the molecule is CCc1ccc(-c2cccc(F)c2N)cc1. The van der Waals surface area contributed by atoms with Crippen molar-refractivity contribution in [3.05, 3.63) is 53.8 Å². The maximum atomic E-state index is 13.3. The Morgan fingerprint density at radius 3 is 2.38 bits per heavy atom. The fourth-order valence-electron chi connectivity index (χ4n) is 1.71. The fourth-order valence-corrected chi connectivity index (χ4v) is 1.71. The zero-order valence-electron chi connectivity index (χ0n) is 9.20. The number of rotatable bonds is 2. The Bertz CT molecular complexity index is 489. The molecule has 2 heteroatoms. The third-order valence-corrected chi connectivity index (χ3v) is 2.73. The third-order valence-electron chi connectivity index (χ3n) is 2.73. The zero-order valence-corrected chi connectivity index (χ0v) is 9.20. The molecule has 2 aromatic carbocycles. The van der Waals surface area contributed by atoms with E-state index in [1.807, 2.05) is 30.3 Å². The number of nitrogens with two attached hydrogens (primary N) is 1. The monoisotopic (exact) mass is 215 g/mol. The molecular formula is C14H14FN. The molecule has 2 N–H and O–H groups in total. The van der Waals surface area contributed by atoms with E-state index in [-0.39, 0.29) is 11.5 Å².